The molecule has 1 amide bonds. The van der Waals surface area contributed by atoms with Gasteiger partial charge in [0.25, 0.3) is 0 Å². The number of β-amino-alcohol motifs (C(OH)–C–C–N with tert-alkyl or cyclic N) is 1. The lowest BCUT2D eigenvalue weighted by molar-refractivity contribution is -0.137. The molecule has 9 nitrogen and oxygen atoms in total. The molecule has 1 aliphatic heterocycles. The highest BCUT2D eigenvalue weighted by Gasteiger charge is 2.41. The molecule has 2 atom stereocenters. The second-order valence-electron chi connectivity index (χ2n) is 8.60. The number of aliphatic hydroxyl groups is 2. The number of nitrogens with zero attached hydrogens (tertiary/aromatic N) is 4. The summed E-state index contributed by atoms with van der Waals surface area (Å²) in [6.45, 7) is 1.44. The SMILES string of the molecule is CCN(Cc1ccc(C(F)(F)F)cc1F)c1ncnc(NCC2(O)CCN(CC(N)=O)CC2O)c1F. The number of halogens is 5. The minimum Gasteiger partial charge on any atom is -0.389 e. The van der Waals surface area contributed by atoms with Gasteiger partial charge in [0, 0.05) is 38.3 Å². The van der Waals surface area contributed by atoms with Crippen molar-refractivity contribution >= 4 is 17.5 Å². The number of nitrogens with two attached hydrogens (primary N) is 1. The predicted molar refractivity (Wildman–Crippen MR) is 120 cm³/mol. The summed E-state index contributed by atoms with van der Waals surface area (Å²) in [7, 11) is 0. The maximum atomic E-state index is 15.2. The largest absolute Gasteiger partial charge is 0.416 e. The fraction of sp³-hybridized carbons (Fsp3) is 0.500. The van der Waals surface area contributed by atoms with Gasteiger partial charge < -0.3 is 26.2 Å². The number of primary amides is 1. The zero-order valence-corrected chi connectivity index (χ0v) is 19.4. The Labute approximate surface area is 203 Å². The Balaban J connectivity index is 1.72. The molecule has 1 saturated heterocycles. The van der Waals surface area contributed by atoms with Crippen molar-refractivity contribution in [3.8, 4) is 0 Å². The van der Waals surface area contributed by atoms with Gasteiger partial charge in [0.05, 0.1) is 18.2 Å². The third-order valence-corrected chi connectivity index (χ3v) is 6.05. The molecular weight excluding hydrogens is 491 g/mol. The minimum atomic E-state index is -4.70. The summed E-state index contributed by atoms with van der Waals surface area (Å²) in [5.74, 6) is -3.09. The summed E-state index contributed by atoms with van der Waals surface area (Å²) in [6, 6.07) is 2.12. The normalized spacial score (nSPS) is 20.8. The third kappa shape index (κ3) is 6.36. The van der Waals surface area contributed by atoms with Crippen LogP contribution in [-0.4, -0.2) is 75.4 Å². The first-order chi connectivity index (χ1) is 16.8. The lowest BCUT2D eigenvalue weighted by Gasteiger charge is -2.41. The molecule has 198 valence electrons. The van der Waals surface area contributed by atoms with Crippen LogP contribution in [0.4, 0.5) is 33.6 Å². The number of alkyl halides is 3. The number of hydrogen-bond acceptors (Lipinski definition) is 8. The van der Waals surface area contributed by atoms with Crippen LogP contribution in [0.25, 0.3) is 0 Å². The van der Waals surface area contributed by atoms with Crippen LogP contribution in [0.2, 0.25) is 0 Å². The van der Waals surface area contributed by atoms with Crippen molar-refractivity contribution < 1.29 is 37.0 Å². The van der Waals surface area contributed by atoms with E-state index in [1.54, 1.807) is 11.8 Å². The van der Waals surface area contributed by atoms with Crippen LogP contribution in [0.3, 0.4) is 0 Å². The molecule has 1 aromatic heterocycles. The molecule has 1 fully saturated rings. The number of aliphatic hydroxyl groups excluding tert-OH is 1. The predicted octanol–water partition coefficient (Wildman–Crippen LogP) is 1.49. The summed E-state index contributed by atoms with van der Waals surface area (Å²) < 4.78 is 68.0. The van der Waals surface area contributed by atoms with Gasteiger partial charge in [0.2, 0.25) is 11.7 Å². The van der Waals surface area contributed by atoms with Crippen LogP contribution >= 0.6 is 0 Å². The Morgan fingerprint density at radius 1 is 1.33 bits per heavy atom. The van der Waals surface area contributed by atoms with E-state index in [0.717, 1.165) is 18.5 Å². The van der Waals surface area contributed by atoms with E-state index in [2.05, 4.69) is 15.3 Å². The number of aromatic nitrogens is 2. The van der Waals surface area contributed by atoms with Crippen molar-refractivity contribution in [2.24, 2.45) is 5.73 Å². The van der Waals surface area contributed by atoms with Crippen molar-refractivity contribution in [2.45, 2.75) is 37.8 Å². The van der Waals surface area contributed by atoms with Crippen LogP contribution < -0.4 is 16.0 Å². The third-order valence-electron chi connectivity index (χ3n) is 6.05. The van der Waals surface area contributed by atoms with E-state index in [0.29, 0.717) is 6.07 Å². The van der Waals surface area contributed by atoms with Gasteiger partial charge in [-0.05, 0) is 25.5 Å². The summed E-state index contributed by atoms with van der Waals surface area (Å²) in [5.41, 5.74) is 2.30. The number of anilines is 2. The minimum absolute atomic E-state index is 0.0130. The van der Waals surface area contributed by atoms with Gasteiger partial charge in [-0.25, -0.2) is 14.4 Å². The smallest absolute Gasteiger partial charge is 0.389 e. The van der Waals surface area contributed by atoms with Gasteiger partial charge in [-0.1, -0.05) is 6.07 Å². The molecule has 0 radical (unpaired) electrons. The molecule has 1 aromatic carbocycles. The highest BCUT2D eigenvalue weighted by atomic mass is 19.4. The number of carbonyl (C=O) groups is 1. The van der Waals surface area contributed by atoms with E-state index in [1.165, 1.54) is 4.90 Å². The topological polar surface area (TPSA) is 128 Å². The maximum absolute atomic E-state index is 15.2. The average Bonchev–Trinajstić information content (AvgIpc) is 2.79. The highest BCUT2D eigenvalue weighted by molar-refractivity contribution is 5.75. The Hall–Kier alpha value is -3.10. The molecule has 0 aliphatic carbocycles. The zero-order valence-electron chi connectivity index (χ0n) is 19.4. The number of rotatable bonds is 9. The molecule has 1 aliphatic rings. The number of nitrogens with one attached hydrogen (secondary N) is 1. The van der Waals surface area contributed by atoms with Crippen LogP contribution in [0.5, 0.6) is 0 Å². The lowest BCUT2D eigenvalue weighted by Crippen LogP contribution is -2.59. The van der Waals surface area contributed by atoms with Gasteiger partial charge in [0.15, 0.2) is 11.6 Å². The monoisotopic (exact) mass is 518 g/mol. The van der Waals surface area contributed by atoms with Crippen molar-refractivity contribution in [2.75, 3.05) is 42.9 Å². The number of likely N-dealkylation sites (tertiary alicyclic amines) is 1. The highest BCUT2D eigenvalue weighted by Crippen LogP contribution is 2.31. The second-order valence-corrected chi connectivity index (χ2v) is 8.60. The zero-order chi connectivity index (χ0) is 26.7. The van der Waals surface area contributed by atoms with Crippen molar-refractivity contribution in [3.05, 3.63) is 47.3 Å². The standard InChI is InChI=1S/C22H27F5N6O3/c1-2-33(8-13-3-4-14(7-15(13)23)22(25,26)27)20-18(24)19(30-12-31-20)29-11-21(36)5-6-32(9-16(21)34)10-17(28)35/h3-4,7,12,16,34,36H,2,5-6,8-11H2,1H3,(H2,28,35)(H,29,30,31). The van der Waals surface area contributed by atoms with Crippen LogP contribution in [0.15, 0.2) is 24.5 Å². The van der Waals surface area contributed by atoms with E-state index < -0.39 is 41.0 Å². The Bertz CT molecular complexity index is 1090. The summed E-state index contributed by atoms with van der Waals surface area (Å²) in [5, 5.41) is 23.9. The molecule has 3 rings (SSSR count). The van der Waals surface area contributed by atoms with Crippen LogP contribution in [0.1, 0.15) is 24.5 Å². The molecular formula is C22H27F5N6O3. The number of benzene rings is 1. The Kier molecular flexibility index (Phi) is 8.31. The number of hydrogen-bond donors (Lipinski definition) is 4. The summed E-state index contributed by atoms with van der Waals surface area (Å²) in [6.07, 6.45) is -4.83. The molecule has 0 spiro atoms. The quantitative estimate of drug-likeness (QED) is 0.368. The number of piperidine rings is 1. The molecule has 2 aromatic rings. The van der Waals surface area contributed by atoms with Gasteiger partial charge in [-0.3, -0.25) is 9.69 Å². The van der Waals surface area contributed by atoms with E-state index in [4.69, 9.17) is 5.73 Å². The first kappa shape index (κ1) is 27.5. The first-order valence-corrected chi connectivity index (χ1v) is 11.1. The molecule has 2 unspecified atom stereocenters. The van der Waals surface area contributed by atoms with E-state index >= 15 is 4.39 Å². The molecule has 14 heteroatoms. The van der Waals surface area contributed by atoms with Gasteiger partial charge >= 0.3 is 6.18 Å². The van der Waals surface area contributed by atoms with Gasteiger partial charge in [0.1, 0.15) is 17.7 Å². The van der Waals surface area contributed by atoms with Crippen LogP contribution in [-0.2, 0) is 17.5 Å². The molecule has 36 heavy (non-hydrogen) atoms. The van der Waals surface area contributed by atoms with Crippen LogP contribution in [0, 0.1) is 11.6 Å². The summed E-state index contributed by atoms with van der Waals surface area (Å²) >= 11 is 0. The molecule has 0 bridgehead atoms. The average molecular weight is 518 g/mol. The van der Waals surface area contributed by atoms with Crippen molar-refractivity contribution in [3.63, 3.8) is 0 Å². The first-order valence-electron chi connectivity index (χ1n) is 11.1. The fourth-order valence-electron chi connectivity index (χ4n) is 3.93. The fourth-order valence-corrected chi connectivity index (χ4v) is 3.93. The summed E-state index contributed by atoms with van der Waals surface area (Å²) in [4.78, 5) is 21.7. The maximum Gasteiger partial charge on any atom is 0.416 e. The molecule has 2 heterocycles. The van der Waals surface area contributed by atoms with Crippen molar-refractivity contribution in [1.29, 1.82) is 0 Å². The van der Waals surface area contributed by atoms with E-state index in [-0.39, 0.29) is 62.9 Å². The Morgan fingerprint density at radius 2 is 2.06 bits per heavy atom. The van der Waals surface area contributed by atoms with Gasteiger partial charge in [-0.2, -0.15) is 17.6 Å². The second kappa shape index (κ2) is 10.9. The number of carbonyl (C=O) groups excluding carboxylic acids is 1. The molecule has 5 N–H and O–H groups in total. The van der Waals surface area contributed by atoms with E-state index in [9.17, 15) is 32.6 Å². The Morgan fingerprint density at radius 3 is 2.64 bits per heavy atom. The lowest BCUT2D eigenvalue weighted by atomic mass is 9.88. The molecule has 0 saturated carbocycles. The van der Waals surface area contributed by atoms with E-state index in [1.807, 2.05) is 0 Å². The van der Waals surface area contributed by atoms with Gasteiger partial charge in [-0.15, -0.1) is 0 Å². The number of amides is 1. The van der Waals surface area contributed by atoms with Crippen molar-refractivity contribution in [1.82, 2.24) is 14.9 Å².